The SMILES string of the molecule is NC(=O)c1c(Nc2ccc(CCO)cc2F)cc(F)cc1OCC[C@@H](O)CO. The molecule has 7 nitrogen and oxygen atoms in total. The number of primary amides is 1. The van der Waals surface area contributed by atoms with Gasteiger partial charge in [-0.1, -0.05) is 6.07 Å². The molecule has 0 aromatic heterocycles. The van der Waals surface area contributed by atoms with Crippen LogP contribution in [-0.2, 0) is 6.42 Å². The van der Waals surface area contributed by atoms with Crippen molar-refractivity contribution in [2.24, 2.45) is 5.73 Å². The zero-order valence-corrected chi connectivity index (χ0v) is 15.0. The Morgan fingerprint density at radius 1 is 1.18 bits per heavy atom. The highest BCUT2D eigenvalue weighted by Crippen LogP contribution is 2.31. The molecule has 2 aromatic carbocycles. The van der Waals surface area contributed by atoms with E-state index in [0.29, 0.717) is 5.56 Å². The average molecular weight is 396 g/mol. The lowest BCUT2D eigenvalue weighted by molar-refractivity contribution is 0.0751. The Balaban J connectivity index is 2.32. The number of rotatable bonds is 10. The van der Waals surface area contributed by atoms with Crippen molar-refractivity contribution in [1.29, 1.82) is 0 Å². The molecule has 0 heterocycles. The van der Waals surface area contributed by atoms with Crippen LogP contribution in [0.3, 0.4) is 0 Å². The number of hydrogen-bond donors (Lipinski definition) is 5. The van der Waals surface area contributed by atoms with Gasteiger partial charge in [-0.25, -0.2) is 8.78 Å². The summed E-state index contributed by atoms with van der Waals surface area (Å²) in [7, 11) is 0. The molecular formula is C19H22F2N2O5. The molecule has 0 aliphatic rings. The molecule has 0 unspecified atom stereocenters. The van der Waals surface area contributed by atoms with Crippen molar-refractivity contribution in [2.45, 2.75) is 18.9 Å². The van der Waals surface area contributed by atoms with Gasteiger partial charge in [0.15, 0.2) is 0 Å². The van der Waals surface area contributed by atoms with Crippen LogP contribution < -0.4 is 15.8 Å². The number of nitrogens with one attached hydrogen (secondary N) is 1. The zero-order valence-electron chi connectivity index (χ0n) is 15.0. The minimum atomic E-state index is -1.02. The number of nitrogens with two attached hydrogens (primary N) is 1. The Morgan fingerprint density at radius 2 is 1.93 bits per heavy atom. The van der Waals surface area contributed by atoms with Crippen molar-refractivity contribution in [1.82, 2.24) is 0 Å². The van der Waals surface area contributed by atoms with Crippen LogP contribution in [0.25, 0.3) is 0 Å². The minimum Gasteiger partial charge on any atom is -0.492 e. The Kier molecular flexibility index (Phi) is 7.68. The first-order chi connectivity index (χ1) is 13.3. The smallest absolute Gasteiger partial charge is 0.254 e. The Morgan fingerprint density at radius 3 is 2.54 bits per heavy atom. The van der Waals surface area contributed by atoms with Crippen LogP contribution in [0.1, 0.15) is 22.3 Å². The third kappa shape index (κ3) is 5.62. The number of anilines is 2. The van der Waals surface area contributed by atoms with Gasteiger partial charge in [0, 0.05) is 19.1 Å². The van der Waals surface area contributed by atoms with Crippen LogP contribution in [-0.4, -0.2) is 47.2 Å². The van der Waals surface area contributed by atoms with Crippen molar-refractivity contribution in [3.63, 3.8) is 0 Å². The summed E-state index contributed by atoms with van der Waals surface area (Å²) in [6.07, 6.45) is -0.689. The molecule has 9 heteroatoms. The second kappa shape index (κ2) is 9.98. The van der Waals surface area contributed by atoms with Crippen molar-refractivity contribution < 1.29 is 33.6 Å². The van der Waals surface area contributed by atoms with E-state index in [1.54, 1.807) is 6.07 Å². The summed E-state index contributed by atoms with van der Waals surface area (Å²) >= 11 is 0. The topological polar surface area (TPSA) is 125 Å². The fraction of sp³-hybridized carbons (Fsp3) is 0.316. The lowest BCUT2D eigenvalue weighted by Crippen LogP contribution is -2.19. The molecule has 2 aromatic rings. The van der Waals surface area contributed by atoms with Gasteiger partial charge in [0.05, 0.1) is 30.7 Å². The van der Waals surface area contributed by atoms with Crippen molar-refractivity contribution in [2.75, 3.05) is 25.1 Å². The molecule has 2 rings (SSSR count). The van der Waals surface area contributed by atoms with E-state index in [-0.39, 0.29) is 48.7 Å². The van der Waals surface area contributed by atoms with Crippen LogP contribution in [0.4, 0.5) is 20.2 Å². The average Bonchev–Trinajstić information content (AvgIpc) is 2.63. The third-order valence-corrected chi connectivity index (χ3v) is 3.94. The summed E-state index contributed by atoms with van der Waals surface area (Å²) in [5.74, 6) is -2.49. The molecule has 28 heavy (non-hydrogen) atoms. The first-order valence-corrected chi connectivity index (χ1v) is 8.57. The van der Waals surface area contributed by atoms with Gasteiger partial charge >= 0.3 is 0 Å². The number of hydrogen-bond acceptors (Lipinski definition) is 6. The number of carbonyl (C=O) groups is 1. The lowest BCUT2D eigenvalue weighted by Gasteiger charge is -2.16. The maximum atomic E-state index is 14.3. The Labute approximate surface area is 160 Å². The molecule has 0 bridgehead atoms. The van der Waals surface area contributed by atoms with Gasteiger partial charge in [-0.15, -0.1) is 0 Å². The predicted molar refractivity (Wildman–Crippen MR) is 98.6 cm³/mol. The highest BCUT2D eigenvalue weighted by Gasteiger charge is 2.19. The van der Waals surface area contributed by atoms with E-state index < -0.39 is 30.3 Å². The maximum absolute atomic E-state index is 14.3. The van der Waals surface area contributed by atoms with Gasteiger partial charge in [-0.05, 0) is 30.2 Å². The number of benzene rings is 2. The number of ether oxygens (including phenoxy) is 1. The maximum Gasteiger partial charge on any atom is 0.254 e. The van der Waals surface area contributed by atoms with Crippen molar-refractivity contribution >= 4 is 17.3 Å². The molecular weight excluding hydrogens is 374 g/mol. The lowest BCUT2D eigenvalue weighted by atomic mass is 10.1. The molecule has 0 aliphatic heterocycles. The van der Waals surface area contributed by atoms with Crippen molar-refractivity contribution in [3.8, 4) is 5.75 Å². The van der Waals surface area contributed by atoms with E-state index in [1.165, 1.54) is 12.1 Å². The standard InChI is InChI=1S/C19H22F2N2O5/c20-12-8-16(23-15-2-1-11(3-5-24)7-14(15)21)18(19(22)27)17(9-12)28-6-4-13(26)10-25/h1-2,7-9,13,23-26H,3-6,10H2,(H2,22,27)/t13-/m1/s1. The number of aliphatic hydroxyl groups excluding tert-OH is 3. The normalized spacial score (nSPS) is 11.9. The number of halogens is 2. The van der Waals surface area contributed by atoms with E-state index in [9.17, 15) is 18.7 Å². The molecule has 1 amide bonds. The van der Waals surface area contributed by atoms with Gasteiger partial charge in [0.25, 0.3) is 5.91 Å². The molecule has 6 N–H and O–H groups in total. The number of aliphatic hydroxyl groups is 3. The summed E-state index contributed by atoms with van der Waals surface area (Å²) < 4.78 is 33.6. The van der Waals surface area contributed by atoms with E-state index in [1.807, 2.05) is 0 Å². The highest BCUT2D eigenvalue weighted by atomic mass is 19.1. The molecule has 0 radical (unpaired) electrons. The molecule has 1 atom stereocenters. The Hall–Kier alpha value is -2.75. The summed E-state index contributed by atoms with van der Waals surface area (Å²) in [6.45, 7) is -0.698. The van der Waals surface area contributed by atoms with E-state index >= 15 is 0 Å². The number of amides is 1. The third-order valence-electron chi connectivity index (χ3n) is 3.94. The van der Waals surface area contributed by atoms with Crippen LogP contribution in [0.15, 0.2) is 30.3 Å². The van der Waals surface area contributed by atoms with Crippen LogP contribution >= 0.6 is 0 Å². The molecule has 0 fully saturated rings. The Bertz CT molecular complexity index is 832. The van der Waals surface area contributed by atoms with Crippen LogP contribution in [0.2, 0.25) is 0 Å². The highest BCUT2D eigenvalue weighted by molar-refractivity contribution is 6.02. The zero-order chi connectivity index (χ0) is 20.7. The second-order valence-corrected chi connectivity index (χ2v) is 6.08. The van der Waals surface area contributed by atoms with E-state index in [2.05, 4.69) is 5.32 Å². The quantitative estimate of drug-likeness (QED) is 0.414. The minimum absolute atomic E-state index is 0.0172. The largest absolute Gasteiger partial charge is 0.492 e. The van der Waals surface area contributed by atoms with Gasteiger partial charge in [-0.3, -0.25) is 4.79 Å². The van der Waals surface area contributed by atoms with Crippen molar-refractivity contribution in [3.05, 3.63) is 53.1 Å². The predicted octanol–water partition coefficient (Wildman–Crippen LogP) is 1.46. The summed E-state index contributed by atoms with van der Waals surface area (Å²) in [6, 6.07) is 6.14. The van der Waals surface area contributed by atoms with Crippen LogP contribution in [0.5, 0.6) is 5.75 Å². The molecule has 0 aliphatic carbocycles. The second-order valence-electron chi connectivity index (χ2n) is 6.08. The fourth-order valence-electron chi connectivity index (χ4n) is 2.53. The number of carbonyl (C=O) groups excluding carboxylic acids is 1. The summed E-state index contributed by atoms with van der Waals surface area (Å²) in [5, 5.41) is 29.7. The first-order valence-electron chi connectivity index (χ1n) is 8.57. The van der Waals surface area contributed by atoms with Gasteiger partial charge in [0.1, 0.15) is 22.9 Å². The van der Waals surface area contributed by atoms with Gasteiger partial charge in [-0.2, -0.15) is 0 Å². The van der Waals surface area contributed by atoms with E-state index in [4.69, 9.17) is 20.7 Å². The molecule has 152 valence electrons. The summed E-state index contributed by atoms with van der Waals surface area (Å²) in [5.41, 5.74) is 5.68. The monoisotopic (exact) mass is 396 g/mol. The first kappa shape index (κ1) is 21.5. The van der Waals surface area contributed by atoms with Gasteiger partial charge < -0.3 is 31.1 Å². The molecule has 0 saturated heterocycles. The molecule has 0 spiro atoms. The summed E-state index contributed by atoms with van der Waals surface area (Å²) in [4.78, 5) is 11.9. The van der Waals surface area contributed by atoms with E-state index in [0.717, 1.165) is 12.1 Å². The van der Waals surface area contributed by atoms with Gasteiger partial charge in [0.2, 0.25) is 0 Å². The fourth-order valence-corrected chi connectivity index (χ4v) is 2.53. The molecule has 0 saturated carbocycles. The van der Waals surface area contributed by atoms with Crippen LogP contribution in [0, 0.1) is 11.6 Å².